The second kappa shape index (κ2) is 33.3. The summed E-state index contributed by atoms with van der Waals surface area (Å²) in [5.74, 6) is 0.209. The van der Waals surface area contributed by atoms with E-state index in [1.165, 1.54) is 95.7 Å². The van der Waals surface area contributed by atoms with E-state index in [1.54, 1.807) is 0 Å². The Morgan fingerprint density at radius 1 is 0.692 bits per heavy atom. The Balaban J connectivity index is 1.80. The SMILES string of the molecule is CC(C)CCCCCCCCCCCCCCCCC(=O)O[C@H](COC(=O)CCCCCCCCCC(C)C)COP(=O)(O)OP(=O)(O)OC[C@H]1O[C@@H](n2ccc(N)nc2=O)C(O)[C@H]1O. The van der Waals surface area contributed by atoms with Crippen LogP contribution in [-0.4, -0.2) is 85.7 Å². The first-order valence-corrected chi connectivity index (χ1v) is 27.3. The summed E-state index contributed by atoms with van der Waals surface area (Å²) >= 11 is 0. The van der Waals surface area contributed by atoms with E-state index in [1.807, 2.05) is 0 Å². The van der Waals surface area contributed by atoms with Gasteiger partial charge in [-0.1, -0.05) is 163 Å². The molecule has 1 saturated heterocycles. The Hall–Kier alpha value is -2.24. The van der Waals surface area contributed by atoms with Gasteiger partial charge in [-0.05, 0) is 30.7 Å². The number of aromatic nitrogens is 2. The van der Waals surface area contributed by atoms with Crippen LogP contribution in [0.3, 0.4) is 0 Å². The number of rotatable bonds is 39. The molecule has 0 aliphatic carbocycles. The lowest BCUT2D eigenvalue weighted by molar-refractivity contribution is -0.161. The summed E-state index contributed by atoms with van der Waals surface area (Å²) in [5, 5.41) is 20.9. The Morgan fingerprint density at radius 2 is 1.14 bits per heavy atom. The van der Waals surface area contributed by atoms with Crippen molar-refractivity contribution in [3.8, 4) is 0 Å². The van der Waals surface area contributed by atoms with Crippen LogP contribution in [0.1, 0.15) is 194 Å². The number of hydrogen-bond donors (Lipinski definition) is 5. The van der Waals surface area contributed by atoms with Crippen LogP contribution in [0.15, 0.2) is 17.1 Å². The minimum absolute atomic E-state index is 0.0560. The van der Waals surface area contributed by atoms with Gasteiger partial charge in [0, 0.05) is 19.0 Å². The number of carbonyl (C=O) groups is 2. The molecule has 0 spiro atoms. The molecule has 0 bridgehead atoms. The number of phosphoric ester groups is 2. The maximum atomic E-state index is 12.8. The van der Waals surface area contributed by atoms with Gasteiger partial charge in [-0.15, -0.1) is 0 Å². The van der Waals surface area contributed by atoms with Crippen molar-refractivity contribution in [3.05, 3.63) is 22.7 Å². The van der Waals surface area contributed by atoms with E-state index >= 15 is 0 Å². The number of aliphatic hydroxyl groups excluding tert-OH is 2. The fraction of sp³-hybridized carbons (Fsp3) is 0.867. The van der Waals surface area contributed by atoms with E-state index in [0.717, 1.165) is 61.9 Å². The van der Waals surface area contributed by atoms with Crippen molar-refractivity contribution < 1.29 is 66.3 Å². The fourth-order valence-corrected chi connectivity index (χ4v) is 9.62. The molecule has 2 rings (SSSR count). The van der Waals surface area contributed by atoms with Gasteiger partial charge in [0.1, 0.15) is 30.7 Å². The van der Waals surface area contributed by atoms with E-state index < -0.39 is 83.7 Å². The van der Waals surface area contributed by atoms with Gasteiger partial charge < -0.3 is 39.9 Å². The van der Waals surface area contributed by atoms with Crippen molar-refractivity contribution in [2.45, 2.75) is 219 Å². The molecule has 378 valence electrons. The third kappa shape index (κ3) is 28.0. The number of anilines is 1. The molecule has 3 unspecified atom stereocenters. The molecule has 20 heteroatoms. The fourth-order valence-electron chi connectivity index (χ4n) is 7.51. The normalized spacial score (nSPS) is 19.9. The molecule has 65 heavy (non-hydrogen) atoms. The van der Waals surface area contributed by atoms with Crippen LogP contribution in [0.2, 0.25) is 0 Å². The van der Waals surface area contributed by atoms with Crippen molar-refractivity contribution in [1.29, 1.82) is 0 Å². The number of unbranched alkanes of at least 4 members (excludes halogenated alkanes) is 19. The summed E-state index contributed by atoms with van der Waals surface area (Å²) < 4.78 is 56.7. The third-order valence-electron chi connectivity index (χ3n) is 11.3. The monoisotopic (exact) mass is 968 g/mol. The maximum absolute atomic E-state index is 12.8. The van der Waals surface area contributed by atoms with Crippen molar-refractivity contribution in [1.82, 2.24) is 9.55 Å². The molecule has 1 aliphatic rings. The van der Waals surface area contributed by atoms with Crippen molar-refractivity contribution in [2.75, 3.05) is 25.6 Å². The highest BCUT2D eigenvalue weighted by molar-refractivity contribution is 7.61. The maximum Gasteiger partial charge on any atom is 0.481 e. The molecule has 1 fully saturated rings. The highest BCUT2D eigenvalue weighted by Crippen LogP contribution is 2.60. The average molecular weight is 968 g/mol. The van der Waals surface area contributed by atoms with Crippen LogP contribution >= 0.6 is 15.6 Å². The molecular weight excluding hydrogens is 884 g/mol. The third-order valence-corrected chi connectivity index (χ3v) is 13.9. The van der Waals surface area contributed by atoms with E-state index in [4.69, 9.17) is 29.0 Å². The second-order valence-electron chi connectivity index (χ2n) is 18.3. The molecule has 7 atom stereocenters. The lowest BCUT2D eigenvalue weighted by Gasteiger charge is -2.21. The molecule has 0 aromatic carbocycles. The summed E-state index contributed by atoms with van der Waals surface area (Å²) in [6.07, 6.45) is 19.4. The molecule has 18 nitrogen and oxygen atoms in total. The topological polar surface area (TPSA) is 265 Å². The quantitative estimate of drug-likeness (QED) is 0.0234. The summed E-state index contributed by atoms with van der Waals surface area (Å²) in [6, 6.07) is 1.25. The smallest absolute Gasteiger partial charge is 0.462 e. The minimum atomic E-state index is -5.41. The number of esters is 2. The van der Waals surface area contributed by atoms with Crippen LogP contribution in [0.25, 0.3) is 0 Å². The predicted octanol–water partition coefficient (Wildman–Crippen LogP) is 9.21. The van der Waals surface area contributed by atoms with Crippen LogP contribution in [-0.2, 0) is 46.3 Å². The van der Waals surface area contributed by atoms with Crippen LogP contribution < -0.4 is 11.4 Å². The molecule has 0 radical (unpaired) electrons. The zero-order valence-electron chi connectivity index (χ0n) is 39.6. The molecule has 6 N–H and O–H groups in total. The molecule has 0 saturated carbocycles. The van der Waals surface area contributed by atoms with Crippen LogP contribution in [0.4, 0.5) is 5.82 Å². The van der Waals surface area contributed by atoms with Gasteiger partial charge in [-0.2, -0.15) is 9.29 Å². The number of hydrogen-bond acceptors (Lipinski definition) is 15. The molecule has 1 aromatic rings. The number of aliphatic hydroxyl groups is 2. The van der Waals surface area contributed by atoms with Crippen molar-refractivity contribution in [2.24, 2.45) is 11.8 Å². The summed E-state index contributed by atoms with van der Waals surface area (Å²) in [4.78, 5) is 61.7. The lowest BCUT2D eigenvalue weighted by Crippen LogP contribution is -2.36. The first-order valence-electron chi connectivity index (χ1n) is 24.3. The standard InChI is InChI=1S/C45H83N3O15P2/c1-35(2)26-22-18-14-11-9-7-5-6-8-10-12-16-21-25-29-41(50)61-37(32-58-40(49)28-24-20-17-13-15-19-23-27-36(3)4)33-59-64(54,55)63-65(56,57)60-34-38-42(51)43(52)44(62-38)48-31-30-39(46)47-45(48)53/h30-31,35-38,42-44,51-52H,5-29,32-34H2,1-4H3,(H,54,55)(H,56,57)(H2,46,47,53)/t37-,38-,42+,43?,44-/m1/s1. The number of nitrogens with two attached hydrogens (primary N) is 1. The average Bonchev–Trinajstić information content (AvgIpc) is 3.51. The van der Waals surface area contributed by atoms with Gasteiger partial charge in [0.25, 0.3) is 0 Å². The predicted molar refractivity (Wildman–Crippen MR) is 247 cm³/mol. The van der Waals surface area contributed by atoms with Gasteiger partial charge in [0.2, 0.25) is 0 Å². The number of nitrogens with zero attached hydrogens (tertiary/aromatic N) is 2. The zero-order valence-corrected chi connectivity index (χ0v) is 41.4. The highest BCUT2D eigenvalue weighted by Gasteiger charge is 2.46. The summed E-state index contributed by atoms with van der Waals surface area (Å²) in [5.41, 5.74) is 4.58. The van der Waals surface area contributed by atoms with E-state index in [-0.39, 0.29) is 18.7 Å². The molecular formula is C45H83N3O15P2. The van der Waals surface area contributed by atoms with E-state index in [9.17, 15) is 43.5 Å². The van der Waals surface area contributed by atoms with Crippen molar-refractivity contribution in [3.63, 3.8) is 0 Å². The lowest BCUT2D eigenvalue weighted by atomic mass is 10.0. The second-order valence-corrected chi connectivity index (χ2v) is 21.3. The van der Waals surface area contributed by atoms with Crippen LogP contribution in [0, 0.1) is 11.8 Å². The van der Waals surface area contributed by atoms with Gasteiger partial charge in [-0.3, -0.25) is 23.2 Å². The Labute approximate surface area is 387 Å². The number of ether oxygens (including phenoxy) is 3. The Kier molecular flexibility index (Phi) is 30.2. The molecule has 1 aliphatic heterocycles. The van der Waals surface area contributed by atoms with Crippen LogP contribution in [0.5, 0.6) is 0 Å². The number of nitrogen functional groups attached to an aromatic ring is 1. The minimum Gasteiger partial charge on any atom is -0.462 e. The zero-order chi connectivity index (χ0) is 48.1. The Morgan fingerprint density at radius 3 is 1.62 bits per heavy atom. The molecule has 0 amide bonds. The van der Waals surface area contributed by atoms with Crippen molar-refractivity contribution >= 4 is 33.4 Å². The van der Waals surface area contributed by atoms with E-state index in [0.29, 0.717) is 18.8 Å². The highest BCUT2D eigenvalue weighted by atomic mass is 31.3. The number of phosphoric acid groups is 2. The summed E-state index contributed by atoms with van der Waals surface area (Å²) in [7, 11) is -10.8. The van der Waals surface area contributed by atoms with Gasteiger partial charge in [0.05, 0.1) is 13.2 Å². The first-order chi connectivity index (χ1) is 30.9. The summed E-state index contributed by atoms with van der Waals surface area (Å²) in [6.45, 7) is 6.71. The van der Waals surface area contributed by atoms with Gasteiger partial charge in [0.15, 0.2) is 12.3 Å². The first kappa shape index (κ1) is 58.9. The van der Waals surface area contributed by atoms with Gasteiger partial charge >= 0.3 is 33.3 Å². The molecule has 1 aromatic heterocycles. The van der Waals surface area contributed by atoms with E-state index in [2.05, 4.69) is 37.0 Å². The largest absolute Gasteiger partial charge is 0.481 e. The Bertz CT molecular complexity index is 1620. The molecule has 2 heterocycles. The number of carbonyl (C=O) groups excluding carboxylic acids is 2. The van der Waals surface area contributed by atoms with Gasteiger partial charge in [-0.25, -0.2) is 13.9 Å².